The number of hydrogen-bond donors (Lipinski definition) is 1. The van der Waals surface area contributed by atoms with E-state index in [1.54, 1.807) is 0 Å². The van der Waals surface area contributed by atoms with Crippen LogP contribution in [0.1, 0.15) is 23.8 Å². The van der Waals surface area contributed by atoms with Crippen LogP contribution in [0.3, 0.4) is 0 Å². The van der Waals surface area contributed by atoms with Gasteiger partial charge in [0.25, 0.3) is 0 Å². The number of halogens is 2. The van der Waals surface area contributed by atoms with E-state index in [0.717, 1.165) is 37.3 Å². The fourth-order valence-corrected chi connectivity index (χ4v) is 2.91. The highest BCUT2D eigenvalue weighted by Crippen LogP contribution is 2.23. The summed E-state index contributed by atoms with van der Waals surface area (Å²) in [4.78, 5) is 0. The Labute approximate surface area is 146 Å². The molecule has 2 nitrogen and oxygen atoms in total. The second kappa shape index (κ2) is 7.39. The van der Waals surface area contributed by atoms with Crippen LogP contribution in [0.2, 0.25) is 10.0 Å². The average Bonchev–Trinajstić information content (AvgIpc) is 2.96. The molecule has 0 spiro atoms. The van der Waals surface area contributed by atoms with Crippen LogP contribution in [0.15, 0.2) is 46.9 Å². The van der Waals surface area contributed by atoms with Crippen LogP contribution in [-0.2, 0) is 19.4 Å². The van der Waals surface area contributed by atoms with Crippen molar-refractivity contribution >= 4 is 34.2 Å². The summed E-state index contributed by atoms with van der Waals surface area (Å²) < 4.78 is 5.85. The summed E-state index contributed by atoms with van der Waals surface area (Å²) in [5.41, 5.74) is 3.45. The van der Waals surface area contributed by atoms with E-state index in [1.807, 2.05) is 24.3 Å². The minimum atomic E-state index is 0.595. The Kier molecular flexibility index (Phi) is 5.27. The summed E-state index contributed by atoms with van der Waals surface area (Å²) in [6, 6.07) is 14.2. The van der Waals surface area contributed by atoms with E-state index in [1.165, 1.54) is 16.5 Å². The summed E-state index contributed by atoms with van der Waals surface area (Å²) in [6.07, 6.45) is 1.94. The third-order valence-corrected chi connectivity index (χ3v) is 4.65. The third kappa shape index (κ3) is 4.08. The first-order valence-corrected chi connectivity index (χ1v) is 8.57. The highest BCUT2D eigenvalue weighted by atomic mass is 35.5. The lowest BCUT2D eigenvalue weighted by Gasteiger charge is -2.04. The largest absolute Gasteiger partial charge is 0.460 e. The van der Waals surface area contributed by atoms with Gasteiger partial charge in [-0.25, -0.2) is 0 Å². The van der Waals surface area contributed by atoms with Crippen LogP contribution in [0.4, 0.5) is 0 Å². The summed E-state index contributed by atoms with van der Waals surface area (Å²) in [7, 11) is 0. The lowest BCUT2D eigenvalue weighted by molar-refractivity contribution is 0.515. The maximum atomic E-state index is 6.03. The lowest BCUT2D eigenvalue weighted by Crippen LogP contribution is -2.16. The zero-order valence-electron chi connectivity index (χ0n) is 13.0. The molecule has 3 aromatic rings. The van der Waals surface area contributed by atoms with E-state index in [0.29, 0.717) is 10.0 Å². The van der Waals surface area contributed by atoms with Gasteiger partial charge in [-0.1, -0.05) is 42.3 Å². The zero-order valence-corrected chi connectivity index (χ0v) is 14.5. The molecule has 4 heteroatoms. The Morgan fingerprint density at radius 3 is 2.57 bits per heavy atom. The Balaban J connectivity index is 1.55. The van der Waals surface area contributed by atoms with Crippen molar-refractivity contribution in [2.45, 2.75) is 26.3 Å². The van der Waals surface area contributed by atoms with E-state index in [2.05, 4.69) is 30.4 Å². The molecule has 0 aliphatic carbocycles. The quantitative estimate of drug-likeness (QED) is 0.584. The Hall–Kier alpha value is -1.48. The molecule has 0 radical (unpaired) electrons. The fourth-order valence-electron chi connectivity index (χ4n) is 2.59. The zero-order chi connectivity index (χ0) is 16.2. The third-order valence-electron chi connectivity index (χ3n) is 3.91. The maximum absolute atomic E-state index is 6.03. The molecule has 0 bridgehead atoms. The average molecular weight is 348 g/mol. The molecule has 1 N–H and O–H groups in total. The van der Waals surface area contributed by atoms with Gasteiger partial charge in [0.1, 0.15) is 11.3 Å². The number of nitrogens with one attached hydrogen (secondary N) is 1. The molecule has 2 aromatic carbocycles. The van der Waals surface area contributed by atoms with Gasteiger partial charge in [0.05, 0.1) is 16.6 Å². The number of aryl methyl sites for hydroxylation is 1. The minimum Gasteiger partial charge on any atom is -0.460 e. The summed E-state index contributed by atoms with van der Waals surface area (Å²) in [5.74, 6) is 0.961. The molecule has 120 valence electrons. The smallest absolute Gasteiger partial charge is 0.134 e. The molecule has 0 saturated heterocycles. The van der Waals surface area contributed by atoms with E-state index in [9.17, 15) is 0 Å². The van der Waals surface area contributed by atoms with Crippen molar-refractivity contribution in [2.24, 2.45) is 0 Å². The number of rotatable bonds is 6. The van der Waals surface area contributed by atoms with Crippen molar-refractivity contribution in [3.8, 4) is 0 Å². The minimum absolute atomic E-state index is 0.595. The maximum Gasteiger partial charge on any atom is 0.134 e. The SMILES string of the molecule is CCc1ccc2oc(CNCCc3ccc(Cl)c(Cl)c3)cc2c1. The first kappa shape index (κ1) is 16.4. The molecule has 0 unspecified atom stereocenters. The van der Waals surface area contributed by atoms with Crippen molar-refractivity contribution in [3.63, 3.8) is 0 Å². The Bertz CT molecular complexity index is 810. The van der Waals surface area contributed by atoms with Crippen LogP contribution < -0.4 is 5.32 Å². The van der Waals surface area contributed by atoms with Gasteiger partial charge in [0.2, 0.25) is 0 Å². The molecule has 3 rings (SSSR count). The van der Waals surface area contributed by atoms with E-state index >= 15 is 0 Å². The topological polar surface area (TPSA) is 25.2 Å². The molecule has 23 heavy (non-hydrogen) atoms. The van der Waals surface area contributed by atoms with Crippen molar-refractivity contribution in [2.75, 3.05) is 6.54 Å². The number of furan rings is 1. The number of fused-ring (bicyclic) bond motifs is 1. The van der Waals surface area contributed by atoms with Crippen LogP contribution in [0.5, 0.6) is 0 Å². The first-order valence-electron chi connectivity index (χ1n) is 7.81. The molecule has 0 saturated carbocycles. The molecule has 0 amide bonds. The summed E-state index contributed by atoms with van der Waals surface area (Å²) in [5, 5.41) is 5.78. The molecule has 0 aliphatic rings. The van der Waals surface area contributed by atoms with Crippen LogP contribution in [0.25, 0.3) is 11.0 Å². The lowest BCUT2D eigenvalue weighted by atomic mass is 10.1. The van der Waals surface area contributed by atoms with Gasteiger partial charge in [0.15, 0.2) is 0 Å². The molecule has 1 heterocycles. The molecule has 0 aliphatic heterocycles. The summed E-state index contributed by atoms with van der Waals surface area (Å²) in [6.45, 7) is 3.74. The molecule has 1 aromatic heterocycles. The van der Waals surface area contributed by atoms with Gasteiger partial charge in [0, 0.05) is 5.39 Å². The van der Waals surface area contributed by atoms with Crippen molar-refractivity contribution in [1.29, 1.82) is 0 Å². The molecular formula is C19H19Cl2NO. The predicted octanol–water partition coefficient (Wildman–Crippen LogP) is 5.63. The Morgan fingerprint density at radius 2 is 1.78 bits per heavy atom. The number of hydrogen-bond acceptors (Lipinski definition) is 2. The van der Waals surface area contributed by atoms with E-state index in [4.69, 9.17) is 27.6 Å². The van der Waals surface area contributed by atoms with Gasteiger partial charge in [-0.05, 0) is 60.8 Å². The van der Waals surface area contributed by atoms with Gasteiger partial charge < -0.3 is 9.73 Å². The Morgan fingerprint density at radius 1 is 0.957 bits per heavy atom. The van der Waals surface area contributed by atoms with Crippen molar-refractivity contribution < 1.29 is 4.42 Å². The number of benzene rings is 2. The normalized spacial score (nSPS) is 11.3. The molecular weight excluding hydrogens is 329 g/mol. The standard InChI is InChI=1S/C19H19Cl2NO/c1-2-13-4-6-19-15(9-13)11-16(23-19)12-22-8-7-14-3-5-17(20)18(21)10-14/h3-6,9-11,22H,2,7-8,12H2,1H3. The monoisotopic (exact) mass is 347 g/mol. The van der Waals surface area contributed by atoms with Crippen LogP contribution >= 0.6 is 23.2 Å². The first-order chi connectivity index (χ1) is 11.2. The second-order valence-corrected chi connectivity index (χ2v) is 6.43. The molecule has 0 fully saturated rings. The van der Waals surface area contributed by atoms with Crippen LogP contribution in [-0.4, -0.2) is 6.54 Å². The van der Waals surface area contributed by atoms with Crippen LogP contribution in [0, 0.1) is 0 Å². The predicted molar refractivity (Wildman–Crippen MR) is 97.5 cm³/mol. The highest BCUT2D eigenvalue weighted by Gasteiger charge is 2.04. The summed E-state index contributed by atoms with van der Waals surface area (Å²) >= 11 is 11.9. The molecule has 0 atom stereocenters. The highest BCUT2D eigenvalue weighted by molar-refractivity contribution is 6.42. The van der Waals surface area contributed by atoms with Gasteiger partial charge >= 0.3 is 0 Å². The van der Waals surface area contributed by atoms with E-state index < -0.39 is 0 Å². The van der Waals surface area contributed by atoms with Gasteiger partial charge in [-0.15, -0.1) is 0 Å². The van der Waals surface area contributed by atoms with E-state index in [-0.39, 0.29) is 0 Å². The van der Waals surface area contributed by atoms with Gasteiger partial charge in [-0.3, -0.25) is 0 Å². The fraction of sp³-hybridized carbons (Fsp3) is 0.263. The van der Waals surface area contributed by atoms with Crippen molar-refractivity contribution in [1.82, 2.24) is 5.32 Å². The van der Waals surface area contributed by atoms with Crippen molar-refractivity contribution in [3.05, 3.63) is 69.4 Å². The van der Waals surface area contributed by atoms with Gasteiger partial charge in [-0.2, -0.15) is 0 Å². The second-order valence-electron chi connectivity index (χ2n) is 5.61.